The van der Waals surface area contributed by atoms with Crippen LogP contribution in [0.25, 0.3) is 0 Å². The molecule has 1 heterocycles. The van der Waals surface area contributed by atoms with Crippen LogP contribution in [0.2, 0.25) is 0 Å². The molecule has 162 valence electrons. The van der Waals surface area contributed by atoms with Gasteiger partial charge in [-0.15, -0.1) is 0 Å². The zero-order valence-electron chi connectivity index (χ0n) is 15.2. The van der Waals surface area contributed by atoms with E-state index in [4.69, 9.17) is 0 Å². The lowest BCUT2D eigenvalue weighted by Gasteiger charge is -2.38. The molecular formula is C16H18F6N4O3. The first-order valence-corrected chi connectivity index (χ1v) is 8.48. The minimum atomic E-state index is -4.72. The second-order valence-corrected chi connectivity index (χ2v) is 6.49. The van der Waals surface area contributed by atoms with Crippen LogP contribution in [0.3, 0.4) is 0 Å². The van der Waals surface area contributed by atoms with E-state index in [9.17, 15) is 41.3 Å². The fourth-order valence-electron chi connectivity index (χ4n) is 2.96. The number of amides is 1. The van der Waals surface area contributed by atoms with Crippen LogP contribution in [0, 0.1) is 10.1 Å². The Morgan fingerprint density at radius 1 is 1.17 bits per heavy atom. The van der Waals surface area contributed by atoms with Crippen molar-refractivity contribution in [3.8, 4) is 0 Å². The van der Waals surface area contributed by atoms with Crippen molar-refractivity contribution in [3.05, 3.63) is 33.9 Å². The van der Waals surface area contributed by atoms with Gasteiger partial charge in [-0.2, -0.15) is 26.3 Å². The number of nitrogens with zero attached hydrogens (tertiary/aromatic N) is 3. The number of nitro benzene ring substituents is 1. The molecule has 1 aliphatic heterocycles. The third kappa shape index (κ3) is 5.95. The Kier molecular flexibility index (Phi) is 6.60. The Labute approximate surface area is 161 Å². The number of nitrogens with one attached hydrogen (secondary N) is 1. The summed E-state index contributed by atoms with van der Waals surface area (Å²) in [5, 5.41) is 13.0. The Hall–Kier alpha value is -2.57. The van der Waals surface area contributed by atoms with Gasteiger partial charge in [-0.25, -0.2) is 0 Å². The fraction of sp³-hybridized carbons (Fsp3) is 0.562. The largest absolute Gasteiger partial charge is 0.416 e. The van der Waals surface area contributed by atoms with Crippen LogP contribution in [0.1, 0.15) is 12.5 Å². The summed E-state index contributed by atoms with van der Waals surface area (Å²) in [5.41, 5.74) is -1.82. The number of rotatable bonds is 5. The van der Waals surface area contributed by atoms with Gasteiger partial charge in [-0.3, -0.25) is 19.8 Å². The van der Waals surface area contributed by atoms with Crippen LogP contribution >= 0.6 is 0 Å². The van der Waals surface area contributed by atoms with Crippen molar-refractivity contribution in [1.82, 2.24) is 10.2 Å². The molecule has 1 amide bonds. The number of carbonyl (C=O) groups excluding carboxylic acids is 1. The Morgan fingerprint density at radius 3 is 2.24 bits per heavy atom. The molecule has 1 atom stereocenters. The van der Waals surface area contributed by atoms with Crippen molar-refractivity contribution in [2.45, 2.75) is 25.3 Å². The second-order valence-electron chi connectivity index (χ2n) is 6.49. The van der Waals surface area contributed by atoms with Gasteiger partial charge in [0.05, 0.1) is 16.5 Å². The van der Waals surface area contributed by atoms with Crippen LogP contribution in [0.5, 0.6) is 0 Å². The molecular weight excluding hydrogens is 410 g/mol. The van der Waals surface area contributed by atoms with E-state index in [2.05, 4.69) is 0 Å². The Bertz CT molecular complexity index is 760. The van der Waals surface area contributed by atoms with Crippen LogP contribution in [0.4, 0.5) is 37.7 Å². The molecule has 1 aliphatic rings. The minimum absolute atomic E-state index is 0.0110. The number of piperazine rings is 1. The molecule has 1 fully saturated rings. The molecule has 0 spiro atoms. The lowest BCUT2D eigenvalue weighted by Crippen LogP contribution is -2.54. The maximum absolute atomic E-state index is 12.8. The number of nitro groups is 1. The van der Waals surface area contributed by atoms with Crippen molar-refractivity contribution in [1.29, 1.82) is 0 Å². The molecule has 1 unspecified atom stereocenters. The zero-order valence-corrected chi connectivity index (χ0v) is 15.2. The minimum Gasteiger partial charge on any atom is -0.363 e. The van der Waals surface area contributed by atoms with Gasteiger partial charge < -0.3 is 10.2 Å². The maximum atomic E-state index is 12.8. The molecule has 1 aromatic carbocycles. The normalized spacial score (nSPS) is 17.1. The average molecular weight is 428 g/mol. The summed E-state index contributed by atoms with van der Waals surface area (Å²) < 4.78 is 75.0. The summed E-state index contributed by atoms with van der Waals surface area (Å²) in [4.78, 5) is 25.3. The first-order chi connectivity index (χ1) is 13.3. The van der Waals surface area contributed by atoms with Crippen LogP contribution in [0.15, 0.2) is 18.2 Å². The summed E-state index contributed by atoms with van der Waals surface area (Å²) in [6.07, 6.45) is -9.25. The highest BCUT2D eigenvalue weighted by Crippen LogP contribution is 2.36. The van der Waals surface area contributed by atoms with Gasteiger partial charge in [0, 0.05) is 32.2 Å². The summed E-state index contributed by atoms with van der Waals surface area (Å²) in [5.74, 6) is -0.809. The standard InChI is InChI=1S/C16H18F6N4O3/c1-10(14(27)23-9-15(17,18)19)24-4-6-25(7-5-24)12-3-2-11(16(20,21)22)8-13(12)26(28)29/h2-3,8,10H,4-7,9H2,1H3,(H,23,27). The van der Waals surface area contributed by atoms with Crippen molar-refractivity contribution in [2.75, 3.05) is 37.6 Å². The topological polar surface area (TPSA) is 78.7 Å². The van der Waals surface area contributed by atoms with E-state index >= 15 is 0 Å². The highest BCUT2D eigenvalue weighted by Gasteiger charge is 2.35. The van der Waals surface area contributed by atoms with Crippen LogP contribution in [-0.2, 0) is 11.0 Å². The molecule has 29 heavy (non-hydrogen) atoms. The van der Waals surface area contributed by atoms with E-state index in [1.807, 2.05) is 0 Å². The lowest BCUT2D eigenvalue weighted by molar-refractivity contribution is -0.384. The third-order valence-corrected chi connectivity index (χ3v) is 4.54. The molecule has 1 saturated heterocycles. The van der Waals surface area contributed by atoms with Gasteiger partial charge >= 0.3 is 12.4 Å². The Morgan fingerprint density at radius 2 is 1.76 bits per heavy atom. The number of halogens is 6. The highest BCUT2D eigenvalue weighted by molar-refractivity contribution is 5.81. The SMILES string of the molecule is CC(C(=O)NCC(F)(F)F)N1CCN(c2ccc(C(F)(F)F)cc2[N+](=O)[O-])CC1. The van der Waals surface area contributed by atoms with Crippen LogP contribution < -0.4 is 10.2 Å². The van der Waals surface area contributed by atoms with E-state index < -0.39 is 47.0 Å². The van der Waals surface area contributed by atoms with E-state index in [0.717, 1.165) is 12.1 Å². The monoisotopic (exact) mass is 428 g/mol. The van der Waals surface area contributed by atoms with Crippen molar-refractivity contribution in [3.63, 3.8) is 0 Å². The molecule has 7 nitrogen and oxygen atoms in total. The molecule has 0 radical (unpaired) electrons. The van der Waals surface area contributed by atoms with Gasteiger partial charge in [-0.05, 0) is 19.1 Å². The highest BCUT2D eigenvalue weighted by atomic mass is 19.4. The number of carbonyl (C=O) groups is 1. The van der Waals surface area contributed by atoms with Gasteiger partial charge in [0.15, 0.2) is 0 Å². The zero-order chi connectivity index (χ0) is 22.0. The molecule has 13 heteroatoms. The summed E-state index contributed by atoms with van der Waals surface area (Å²) >= 11 is 0. The number of alkyl halides is 6. The number of anilines is 1. The Balaban J connectivity index is 2.05. The lowest BCUT2D eigenvalue weighted by atomic mass is 10.1. The quantitative estimate of drug-likeness (QED) is 0.443. The van der Waals surface area contributed by atoms with E-state index in [1.165, 1.54) is 11.8 Å². The van der Waals surface area contributed by atoms with Gasteiger partial charge in [0.2, 0.25) is 5.91 Å². The van der Waals surface area contributed by atoms with Crippen molar-refractivity contribution >= 4 is 17.3 Å². The van der Waals surface area contributed by atoms with Gasteiger partial charge in [-0.1, -0.05) is 0 Å². The predicted molar refractivity (Wildman–Crippen MR) is 90.4 cm³/mol. The first kappa shape index (κ1) is 22.7. The molecule has 1 aromatic rings. The van der Waals surface area contributed by atoms with E-state index in [1.54, 1.807) is 10.2 Å². The molecule has 0 aliphatic carbocycles. The number of benzene rings is 1. The molecule has 2 rings (SSSR count). The molecule has 0 bridgehead atoms. The average Bonchev–Trinajstić information content (AvgIpc) is 2.63. The molecule has 0 aromatic heterocycles. The first-order valence-electron chi connectivity index (χ1n) is 8.48. The van der Waals surface area contributed by atoms with Gasteiger partial charge in [0.25, 0.3) is 5.69 Å². The molecule has 0 saturated carbocycles. The summed E-state index contributed by atoms with van der Waals surface area (Å²) in [7, 11) is 0. The van der Waals surface area contributed by atoms with E-state index in [-0.39, 0.29) is 31.9 Å². The maximum Gasteiger partial charge on any atom is 0.416 e. The summed E-state index contributed by atoms with van der Waals surface area (Å²) in [6, 6.07) is 1.38. The molecule has 1 N–H and O–H groups in total. The predicted octanol–water partition coefficient (Wildman–Crippen LogP) is 2.80. The summed E-state index contributed by atoms with van der Waals surface area (Å²) in [6.45, 7) is 0.680. The van der Waals surface area contributed by atoms with Crippen molar-refractivity contribution in [2.24, 2.45) is 0 Å². The smallest absolute Gasteiger partial charge is 0.363 e. The number of hydrogen-bond acceptors (Lipinski definition) is 5. The van der Waals surface area contributed by atoms with Crippen LogP contribution in [-0.4, -0.2) is 60.7 Å². The number of hydrogen-bond donors (Lipinski definition) is 1. The van der Waals surface area contributed by atoms with Gasteiger partial charge in [0.1, 0.15) is 12.2 Å². The van der Waals surface area contributed by atoms with E-state index in [0.29, 0.717) is 6.07 Å². The van der Waals surface area contributed by atoms with Crippen molar-refractivity contribution < 1.29 is 36.1 Å². The fourth-order valence-corrected chi connectivity index (χ4v) is 2.96. The third-order valence-electron chi connectivity index (χ3n) is 4.54. The second kappa shape index (κ2) is 8.43.